The van der Waals surface area contributed by atoms with E-state index >= 15 is 0 Å². The van der Waals surface area contributed by atoms with Crippen molar-refractivity contribution >= 4 is 5.91 Å². The summed E-state index contributed by atoms with van der Waals surface area (Å²) in [6.45, 7) is 2.04. The van der Waals surface area contributed by atoms with Crippen LogP contribution in [0, 0.1) is 6.92 Å². The molecule has 0 unspecified atom stereocenters. The SMILES string of the molecule is Cc1ccc(-c2cc(C(=O)NC3CC3)[nH]n2)cc1. The van der Waals surface area contributed by atoms with Crippen molar-refractivity contribution < 1.29 is 4.79 Å². The smallest absolute Gasteiger partial charge is 0.269 e. The number of aromatic amines is 1. The minimum atomic E-state index is -0.0663. The average Bonchev–Trinajstić information content (AvgIpc) is 3.04. The van der Waals surface area contributed by atoms with Crippen LogP contribution >= 0.6 is 0 Å². The lowest BCUT2D eigenvalue weighted by molar-refractivity contribution is 0.0946. The summed E-state index contributed by atoms with van der Waals surface area (Å²) < 4.78 is 0. The number of amides is 1. The molecule has 1 aromatic carbocycles. The van der Waals surface area contributed by atoms with Gasteiger partial charge in [0.2, 0.25) is 0 Å². The Bertz CT molecular complexity index is 567. The lowest BCUT2D eigenvalue weighted by Gasteiger charge is -1.98. The van der Waals surface area contributed by atoms with E-state index in [1.54, 1.807) is 6.07 Å². The highest BCUT2D eigenvalue weighted by Gasteiger charge is 2.24. The molecule has 1 heterocycles. The lowest BCUT2D eigenvalue weighted by Crippen LogP contribution is -2.25. The van der Waals surface area contributed by atoms with Crippen molar-refractivity contribution in [3.63, 3.8) is 0 Å². The van der Waals surface area contributed by atoms with Crippen LogP contribution in [0.15, 0.2) is 30.3 Å². The number of hydrogen-bond acceptors (Lipinski definition) is 2. The van der Waals surface area contributed by atoms with Crippen LogP contribution in [0.2, 0.25) is 0 Å². The fourth-order valence-electron chi connectivity index (χ4n) is 1.80. The molecule has 1 fully saturated rings. The van der Waals surface area contributed by atoms with Crippen LogP contribution in [0.4, 0.5) is 0 Å². The van der Waals surface area contributed by atoms with Crippen molar-refractivity contribution in [2.45, 2.75) is 25.8 Å². The van der Waals surface area contributed by atoms with Crippen LogP contribution in [0.1, 0.15) is 28.9 Å². The van der Waals surface area contributed by atoms with Crippen LogP contribution in [0.5, 0.6) is 0 Å². The molecule has 0 spiro atoms. The van der Waals surface area contributed by atoms with Crippen molar-refractivity contribution in [3.8, 4) is 11.3 Å². The monoisotopic (exact) mass is 241 g/mol. The molecule has 92 valence electrons. The van der Waals surface area contributed by atoms with Gasteiger partial charge in [-0.2, -0.15) is 5.10 Å². The minimum Gasteiger partial charge on any atom is -0.348 e. The number of carbonyl (C=O) groups is 1. The van der Waals surface area contributed by atoms with Crippen LogP contribution in [-0.4, -0.2) is 22.1 Å². The third-order valence-corrected chi connectivity index (χ3v) is 3.08. The maximum Gasteiger partial charge on any atom is 0.269 e. The zero-order chi connectivity index (χ0) is 12.5. The van der Waals surface area contributed by atoms with Crippen molar-refractivity contribution in [1.82, 2.24) is 15.5 Å². The number of benzene rings is 1. The Hall–Kier alpha value is -2.10. The Morgan fingerprint density at radius 3 is 2.72 bits per heavy atom. The van der Waals surface area contributed by atoms with Gasteiger partial charge < -0.3 is 5.32 Å². The predicted molar refractivity (Wildman–Crippen MR) is 69.2 cm³/mol. The number of nitrogens with one attached hydrogen (secondary N) is 2. The molecule has 1 aliphatic carbocycles. The Balaban J connectivity index is 1.79. The van der Waals surface area contributed by atoms with Crippen molar-refractivity contribution in [3.05, 3.63) is 41.6 Å². The van der Waals surface area contributed by atoms with E-state index in [0.717, 1.165) is 24.1 Å². The highest BCUT2D eigenvalue weighted by atomic mass is 16.2. The number of rotatable bonds is 3. The summed E-state index contributed by atoms with van der Waals surface area (Å²) in [6, 6.07) is 10.2. The molecule has 0 atom stereocenters. The first-order chi connectivity index (χ1) is 8.72. The van der Waals surface area contributed by atoms with E-state index in [2.05, 4.69) is 15.5 Å². The second-order valence-electron chi connectivity index (χ2n) is 4.78. The van der Waals surface area contributed by atoms with E-state index in [1.165, 1.54) is 5.56 Å². The number of aryl methyl sites for hydroxylation is 1. The van der Waals surface area contributed by atoms with Gasteiger partial charge in [0.15, 0.2) is 0 Å². The Labute approximate surface area is 105 Å². The zero-order valence-electron chi connectivity index (χ0n) is 10.2. The highest BCUT2D eigenvalue weighted by Crippen LogP contribution is 2.21. The Kier molecular flexibility index (Phi) is 2.63. The maximum absolute atomic E-state index is 11.8. The molecule has 0 radical (unpaired) electrons. The summed E-state index contributed by atoms with van der Waals surface area (Å²) in [5.74, 6) is -0.0663. The van der Waals surface area contributed by atoms with Crippen LogP contribution in [0.25, 0.3) is 11.3 Å². The third kappa shape index (κ3) is 2.27. The lowest BCUT2D eigenvalue weighted by atomic mass is 10.1. The fourth-order valence-corrected chi connectivity index (χ4v) is 1.80. The van der Waals surface area contributed by atoms with Gasteiger partial charge in [-0.05, 0) is 25.8 Å². The molecule has 1 saturated carbocycles. The molecule has 1 aromatic heterocycles. The van der Waals surface area contributed by atoms with Gasteiger partial charge in [-0.1, -0.05) is 29.8 Å². The Morgan fingerprint density at radius 1 is 1.33 bits per heavy atom. The van der Waals surface area contributed by atoms with Gasteiger partial charge in [0.05, 0.1) is 5.69 Å². The zero-order valence-corrected chi connectivity index (χ0v) is 10.2. The molecule has 0 saturated heterocycles. The fraction of sp³-hybridized carbons (Fsp3) is 0.286. The summed E-state index contributed by atoms with van der Waals surface area (Å²) in [6.07, 6.45) is 2.18. The maximum atomic E-state index is 11.8. The molecule has 3 rings (SSSR count). The largest absolute Gasteiger partial charge is 0.348 e. The van der Waals surface area contributed by atoms with E-state index in [4.69, 9.17) is 0 Å². The summed E-state index contributed by atoms with van der Waals surface area (Å²) in [5, 5.41) is 9.90. The summed E-state index contributed by atoms with van der Waals surface area (Å²) in [4.78, 5) is 11.8. The number of H-pyrrole nitrogens is 1. The Morgan fingerprint density at radius 2 is 2.06 bits per heavy atom. The first kappa shape index (κ1) is 11.0. The van der Waals surface area contributed by atoms with Gasteiger partial charge in [0.1, 0.15) is 5.69 Å². The second-order valence-corrected chi connectivity index (χ2v) is 4.78. The molecule has 1 aliphatic rings. The molecular weight excluding hydrogens is 226 g/mol. The van der Waals surface area contributed by atoms with E-state index < -0.39 is 0 Å². The van der Waals surface area contributed by atoms with Crippen LogP contribution in [0.3, 0.4) is 0 Å². The van der Waals surface area contributed by atoms with Crippen molar-refractivity contribution in [2.75, 3.05) is 0 Å². The number of aromatic nitrogens is 2. The molecule has 0 bridgehead atoms. The number of carbonyl (C=O) groups excluding carboxylic acids is 1. The second kappa shape index (κ2) is 4.29. The van der Waals surface area contributed by atoms with Crippen molar-refractivity contribution in [2.24, 2.45) is 0 Å². The van der Waals surface area contributed by atoms with Gasteiger partial charge in [-0.3, -0.25) is 9.89 Å². The van der Waals surface area contributed by atoms with Gasteiger partial charge >= 0.3 is 0 Å². The molecular formula is C14H15N3O. The highest BCUT2D eigenvalue weighted by molar-refractivity contribution is 5.93. The van der Waals surface area contributed by atoms with Crippen LogP contribution < -0.4 is 5.32 Å². The summed E-state index contributed by atoms with van der Waals surface area (Å²) in [5.41, 5.74) is 3.55. The molecule has 2 N–H and O–H groups in total. The molecule has 18 heavy (non-hydrogen) atoms. The van der Waals surface area contributed by atoms with Gasteiger partial charge in [-0.15, -0.1) is 0 Å². The van der Waals surface area contributed by atoms with E-state index in [1.807, 2.05) is 31.2 Å². The van der Waals surface area contributed by atoms with Gasteiger partial charge in [0.25, 0.3) is 5.91 Å². The minimum absolute atomic E-state index is 0.0663. The normalized spacial score (nSPS) is 14.5. The molecule has 4 nitrogen and oxygen atoms in total. The molecule has 4 heteroatoms. The number of nitrogens with zero attached hydrogens (tertiary/aromatic N) is 1. The first-order valence-corrected chi connectivity index (χ1v) is 6.16. The standard InChI is InChI=1S/C14H15N3O/c1-9-2-4-10(5-3-9)12-8-13(17-16-12)14(18)15-11-6-7-11/h2-5,8,11H,6-7H2,1H3,(H,15,18)(H,16,17). The van der Waals surface area contributed by atoms with Crippen molar-refractivity contribution in [1.29, 1.82) is 0 Å². The van der Waals surface area contributed by atoms with Crippen LogP contribution in [-0.2, 0) is 0 Å². The molecule has 1 amide bonds. The third-order valence-electron chi connectivity index (χ3n) is 3.08. The summed E-state index contributed by atoms with van der Waals surface area (Å²) >= 11 is 0. The molecule has 0 aliphatic heterocycles. The first-order valence-electron chi connectivity index (χ1n) is 6.16. The average molecular weight is 241 g/mol. The predicted octanol–water partition coefficient (Wildman–Crippen LogP) is 2.28. The van der Waals surface area contributed by atoms with E-state index in [0.29, 0.717) is 11.7 Å². The van der Waals surface area contributed by atoms with Gasteiger partial charge in [-0.25, -0.2) is 0 Å². The van der Waals surface area contributed by atoms with Gasteiger partial charge in [0, 0.05) is 11.6 Å². The van der Waals surface area contributed by atoms with E-state index in [-0.39, 0.29) is 5.91 Å². The quantitative estimate of drug-likeness (QED) is 0.866. The van der Waals surface area contributed by atoms with E-state index in [9.17, 15) is 4.79 Å². The topological polar surface area (TPSA) is 57.8 Å². The summed E-state index contributed by atoms with van der Waals surface area (Å²) in [7, 11) is 0. The number of hydrogen-bond donors (Lipinski definition) is 2. The molecule has 2 aromatic rings.